The Morgan fingerprint density at radius 1 is 1.40 bits per heavy atom. The van der Waals surface area contributed by atoms with E-state index in [4.69, 9.17) is 4.55 Å². The van der Waals surface area contributed by atoms with Crippen LogP contribution in [-0.4, -0.2) is 36.6 Å². The van der Waals surface area contributed by atoms with Crippen LogP contribution in [0, 0.1) is 0 Å². The molecule has 0 bridgehead atoms. The molecule has 0 aromatic rings. The largest absolute Gasteiger partial charge is 0.391 e. The lowest BCUT2D eigenvalue weighted by Gasteiger charge is -2.08. The molecule has 1 N–H and O–H groups in total. The van der Waals surface area contributed by atoms with Crippen molar-refractivity contribution in [3.05, 3.63) is 0 Å². The first-order valence-corrected chi connectivity index (χ1v) is 5.19. The highest BCUT2D eigenvalue weighted by Crippen LogP contribution is 2.12. The second kappa shape index (κ2) is 5.12. The average Bonchev–Trinajstić information content (AvgIpc) is 2.13. The van der Waals surface area contributed by atoms with Gasteiger partial charge in [-0.25, -0.2) is 13.6 Å². The third-order valence-electron chi connectivity index (χ3n) is 1.24. The van der Waals surface area contributed by atoms with E-state index in [0.29, 0.717) is 0 Å². The quantitative estimate of drug-likeness (QED) is 0.425. The van der Waals surface area contributed by atoms with Crippen LogP contribution in [0.1, 0.15) is 13.3 Å². The monoisotopic (exact) mass is 246 g/mol. The molecule has 2 atom stereocenters. The van der Waals surface area contributed by atoms with E-state index in [-0.39, 0.29) is 6.42 Å². The van der Waals surface area contributed by atoms with Crippen LogP contribution in [0.15, 0.2) is 0 Å². The van der Waals surface area contributed by atoms with Gasteiger partial charge in [0.15, 0.2) is 0 Å². The summed E-state index contributed by atoms with van der Waals surface area (Å²) in [5, 5.41) is 0. The number of ether oxygens (including phenoxy) is 1. The van der Waals surface area contributed by atoms with Crippen molar-refractivity contribution in [1.82, 2.24) is 0 Å². The minimum Gasteiger partial charge on any atom is -0.391 e. The van der Waals surface area contributed by atoms with Crippen molar-refractivity contribution in [2.75, 3.05) is 0 Å². The second-order valence-corrected chi connectivity index (χ2v) is 3.89. The average molecular weight is 246 g/mol. The van der Waals surface area contributed by atoms with Gasteiger partial charge in [-0.2, -0.15) is 8.42 Å². The number of alkyl halides is 2. The van der Waals surface area contributed by atoms with Crippen LogP contribution in [0.3, 0.4) is 0 Å². The van der Waals surface area contributed by atoms with E-state index in [9.17, 15) is 26.8 Å². The highest BCUT2D eigenvalue weighted by molar-refractivity contribution is 7.86. The third-order valence-corrected chi connectivity index (χ3v) is 2.05. The zero-order valence-corrected chi connectivity index (χ0v) is 8.33. The summed E-state index contributed by atoms with van der Waals surface area (Å²) in [5.41, 5.74) is -3.46. The fourth-order valence-electron chi connectivity index (χ4n) is 0.499. The van der Waals surface area contributed by atoms with Crippen LogP contribution in [-0.2, 0) is 24.4 Å². The van der Waals surface area contributed by atoms with E-state index in [1.165, 1.54) is 6.92 Å². The zero-order valence-electron chi connectivity index (χ0n) is 7.51. The normalized spacial score (nSPS) is 15.5. The lowest BCUT2D eigenvalue weighted by Crippen LogP contribution is -2.35. The van der Waals surface area contributed by atoms with Crippen molar-refractivity contribution >= 4 is 22.1 Å². The van der Waals surface area contributed by atoms with E-state index < -0.39 is 33.7 Å². The van der Waals surface area contributed by atoms with Gasteiger partial charge in [-0.15, -0.1) is 0 Å². The first kappa shape index (κ1) is 13.9. The Bertz CT molecular complexity index is 351. The molecule has 0 aromatic carbocycles. The van der Waals surface area contributed by atoms with E-state index in [1.54, 1.807) is 0 Å². The zero-order chi connectivity index (χ0) is 12.2. The summed E-state index contributed by atoms with van der Waals surface area (Å²) in [6.07, 6.45) is -3.52. The first-order valence-electron chi connectivity index (χ1n) is 3.69. The van der Waals surface area contributed by atoms with Crippen LogP contribution in [0.5, 0.6) is 0 Å². The third kappa shape index (κ3) is 4.30. The second-order valence-electron chi connectivity index (χ2n) is 2.41. The van der Waals surface area contributed by atoms with E-state index in [0.717, 1.165) is 0 Å². The molecule has 0 aliphatic carbocycles. The highest BCUT2D eigenvalue weighted by Gasteiger charge is 2.39. The maximum absolute atomic E-state index is 12.6. The summed E-state index contributed by atoms with van der Waals surface area (Å²) in [4.78, 5) is 21.0. The van der Waals surface area contributed by atoms with Crippen molar-refractivity contribution in [1.29, 1.82) is 0 Å². The molecule has 0 fully saturated rings. The van der Waals surface area contributed by atoms with Gasteiger partial charge in [0.25, 0.3) is 5.50 Å². The number of hydrogen-bond donors (Lipinski definition) is 1. The summed E-state index contributed by atoms with van der Waals surface area (Å²) < 4.78 is 57.1. The van der Waals surface area contributed by atoms with Crippen molar-refractivity contribution in [3.63, 3.8) is 0 Å². The van der Waals surface area contributed by atoms with E-state index in [1.807, 2.05) is 0 Å². The number of hydrogen-bond acceptors (Lipinski definition) is 5. The number of esters is 2. The van der Waals surface area contributed by atoms with Gasteiger partial charge in [0.05, 0.1) is 0 Å². The highest BCUT2D eigenvalue weighted by atomic mass is 32.2. The molecule has 2 unspecified atom stereocenters. The molecule has 0 aliphatic rings. The summed E-state index contributed by atoms with van der Waals surface area (Å²) in [7, 11) is -5.34. The predicted molar refractivity (Wildman–Crippen MR) is 42.7 cm³/mol. The topological polar surface area (TPSA) is 97.7 Å². The van der Waals surface area contributed by atoms with Crippen LogP contribution in [0.25, 0.3) is 0 Å². The molecular weight excluding hydrogens is 238 g/mol. The molecule has 0 rings (SSSR count). The van der Waals surface area contributed by atoms with Gasteiger partial charge in [-0.05, 0) is 0 Å². The SMILES string of the molecule is CCC(=O)OC(=O)C(F)C(F)S(=O)(=O)O. The van der Waals surface area contributed by atoms with Crippen LogP contribution in [0.2, 0.25) is 0 Å². The Kier molecular flexibility index (Phi) is 4.75. The minimum atomic E-state index is -5.34. The lowest BCUT2D eigenvalue weighted by atomic mass is 10.4. The Morgan fingerprint density at radius 2 is 1.87 bits per heavy atom. The van der Waals surface area contributed by atoms with Crippen LogP contribution in [0.4, 0.5) is 8.78 Å². The van der Waals surface area contributed by atoms with Gasteiger partial charge in [-0.1, -0.05) is 6.92 Å². The van der Waals surface area contributed by atoms with Crippen molar-refractivity contribution in [2.45, 2.75) is 25.0 Å². The van der Waals surface area contributed by atoms with Gasteiger partial charge < -0.3 is 4.74 Å². The van der Waals surface area contributed by atoms with Crippen molar-refractivity contribution < 1.29 is 36.1 Å². The van der Waals surface area contributed by atoms with Gasteiger partial charge in [-0.3, -0.25) is 9.35 Å². The number of halogens is 2. The molecule has 0 aromatic heterocycles. The molecular formula is C6H8F2O6S. The Balaban J connectivity index is 4.53. The number of rotatable bonds is 4. The molecule has 6 nitrogen and oxygen atoms in total. The molecule has 0 amide bonds. The molecule has 0 spiro atoms. The lowest BCUT2D eigenvalue weighted by molar-refractivity contribution is -0.164. The molecule has 9 heteroatoms. The molecule has 88 valence electrons. The fourth-order valence-corrected chi connectivity index (χ4v) is 0.912. The van der Waals surface area contributed by atoms with Gasteiger partial charge in [0, 0.05) is 6.42 Å². The van der Waals surface area contributed by atoms with Gasteiger partial charge in [0.2, 0.25) is 6.17 Å². The van der Waals surface area contributed by atoms with Crippen molar-refractivity contribution in [3.8, 4) is 0 Å². The van der Waals surface area contributed by atoms with E-state index in [2.05, 4.69) is 4.74 Å². The van der Waals surface area contributed by atoms with Crippen molar-refractivity contribution in [2.24, 2.45) is 0 Å². The summed E-state index contributed by atoms with van der Waals surface area (Å²) >= 11 is 0. The predicted octanol–water partition coefficient (Wildman–Crippen LogP) is -0.0123. The molecule has 15 heavy (non-hydrogen) atoms. The Morgan fingerprint density at radius 3 is 2.20 bits per heavy atom. The summed E-state index contributed by atoms with van der Waals surface area (Å²) in [6.45, 7) is 1.29. The fraction of sp³-hybridized carbons (Fsp3) is 0.667. The molecule has 0 aliphatic heterocycles. The summed E-state index contributed by atoms with van der Waals surface area (Å²) in [5.74, 6) is -3.13. The first-order chi connectivity index (χ1) is 6.70. The standard InChI is InChI=1S/C6H8F2O6S/c1-2-3(9)14-6(10)4(7)5(8)15(11,12)13/h4-5H,2H2,1H3,(H,11,12,13). The smallest absolute Gasteiger partial charge is 0.352 e. The summed E-state index contributed by atoms with van der Waals surface area (Å²) in [6, 6.07) is 0. The van der Waals surface area contributed by atoms with E-state index >= 15 is 0 Å². The minimum absolute atomic E-state index is 0.263. The number of carbonyl (C=O) groups excluding carboxylic acids is 2. The number of carbonyl (C=O) groups is 2. The molecule has 0 saturated heterocycles. The van der Waals surface area contributed by atoms with Gasteiger partial charge in [0.1, 0.15) is 0 Å². The van der Waals surface area contributed by atoms with Crippen LogP contribution < -0.4 is 0 Å². The Hall–Kier alpha value is -1.09. The van der Waals surface area contributed by atoms with Crippen LogP contribution >= 0.6 is 0 Å². The maximum atomic E-state index is 12.6. The Labute approximate surface area is 84.0 Å². The maximum Gasteiger partial charge on any atom is 0.352 e. The molecule has 0 radical (unpaired) electrons. The molecule has 0 saturated carbocycles. The molecule has 0 heterocycles. The van der Waals surface area contributed by atoms with Gasteiger partial charge >= 0.3 is 22.1 Å².